The number of carbonyl (C=O) groups excluding carboxylic acids is 1. The van der Waals surface area contributed by atoms with Crippen LogP contribution in [0.2, 0.25) is 0 Å². The summed E-state index contributed by atoms with van der Waals surface area (Å²) in [5, 5.41) is 7.17. The number of rotatable bonds is 9. The summed E-state index contributed by atoms with van der Waals surface area (Å²) in [6.45, 7) is 1.96. The van der Waals surface area contributed by atoms with Gasteiger partial charge in [-0.05, 0) is 38.2 Å². The SMILES string of the molecule is CN(C)CCOc1cc(NC(=O)c2ccnn2CCc2ccccc2)ccn1. The average Bonchev–Trinajstić information content (AvgIpc) is 3.16. The fourth-order valence-corrected chi connectivity index (χ4v) is 2.68. The molecule has 0 spiro atoms. The van der Waals surface area contributed by atoms with Gasteiger partial charge in [-0.3, -0.25) is 9.48 Å². The first-order chi connectivity index (χ1) is 13.6. The van der Waals surface area contributed by atoms with E-state index in [9.17, 15) is 4.79 Å². The van der Waals surface area contributed by atoms with E-state index >= 15 is 0 Å². The molecule has 2 aromatic heterocycles. The van der Waals surface area contributed by atoms with Gasteiger partial charge in [-0.1, -0.05) is 30.3 Å². The number of hydrogen-bond donors (Lipinski definition) is 1. The normalized spacial score (nSPS) is 10.8. The number of aryl methyl sites for hydroxylation is 2. The maximum absolute atomic E-state index is 12.7. The summed E-state index contributed by atoms with van der Waals surface area (Å²) < 4.78 is 7.34. The van der Waals surface area contributed by atoms with Crippen molar-refractivity contribution >= 4 is 11.6 Å². The van der Waals surface area contributed by atoms with E-state index in [1.54, 1.807) is 35.3 Å². The first-order valence-corrected chi connectivity index (χ1v) is 9.22. The monoisotopic (exact) mass is 379 g/mol. The van der Waals surface area contributed by atoms with Crippen LogP contribution < -0.4 is 10.1 Å². The van der Waals surface area contributed by atoms with Crippen LogP contribution in [0.4, 0.5) is 5.69 Å². The Kier molecular flexibility index (Phi) is 6.75. The summed E-state index contributed by atoms with van der Waals surface area (Å²) >= 11 is 0. The molecule has 28 heavy (non-hydrogen) atoms. The molecule has 7 nitrogen and oxygen atoms in total. The van der Waals surface area contributed by atoms with Crippen molar-refractivity contribution in [3.63, 3.8) is 0 Å². The number of nitrogens with one attached hydrogen (secondary N) is 1. The Morgan fingerprint density at radius 3 is 2.75 bits per heavy atom. The largest absolute Gasteiger partial charge is 0.476 e. The summed E-state index contributed by atoms with van der Waals surface area (Å²) in [5.41, 5.74) is 2.36. The molecule has 146 valence electrons. The van der Waals surface area contributed by atoms with Gasteiger partial charge in [0.15, 0.2) is 0 Å². The molecule has 2 heterocycles. The van der Waals surface area contributed by atoms with Crippen molar-refractivity contribution in [3.8, 4) is 5.88 Å². The molecule has 0 aliphatic rings. The highest BCUT2D eigenvalue weighted by Crippen LogP contribution is 2.15. The predicted molar refractivity (Wildman–Crippen MR) is 109 cm³/mol. The second-order valence-corrected chi connectivity index (χ2v) is 6.66. The molecule has 7 heteroatoms. The molecule has 1 N–H and O–H groups in total. The molecule has 0 aliphatic carbocycles. The van der Waals surface area contributed by atoms with Gasteiger partial charge in [0.05, 0.1) is 0 Å². The van der Waals surface area contributed by atoms with Crippen LogP contribution in [0.25, 0.3) is 0 Å². The Morgan fingerprint density at radius 1 is 1.14 bits per heavy atom. The number of likely N-dealkylation sites (N-methyl/N-ethyl adjacent to an activating group) is 1. The quantitative estimate of drug-likeness (QED) is 0.619. The first kappa shape index (κ1) is 19.6. The number of pyridine rings is 1. The van der Waals surface area contributed by atoms with Gasteiger partial charge in [0, 0.05) is 37.2 Å². The molecule has 0 aliphatic heterocycles. The fourth-order valence-electron chi connectivity index (χ4n) is 2.68. The number of amides is 1. The number of anilines is 1. The van der Waals surface area contributed by atoms with Gasteiger partial charge >= 0.3 is 0 Å². The Hall–Kier alpha value is -3.19. The summed E-state index contributed by atoms with van der Waals surface area (Å²) in [4.78, 5) is 18.9. The summed E-state index contributed by atoms with van der Waals surface area (Å²) in [7, 11) is 3.96. The smallest absolute Gasteiger partial charge is 0.273 e. The van der Waals surface area contributed by atoms with E-state index in [-0.39, 0.29) is 5.91 Å². The highest BCUT2D eigenvalue weighted by molar-refractivity contribution is 6.03. The number of nitrogens with zero attached hydrogens (tertiary/aromatic N) is 4. The fraction of sp³-hybridized carbons (Fsp3) is 0.286. The highest BCUT2D eigenvalue weighted by atomic mass is 16.5. The van der Waals surface area contributed by atoms with Gasteiger partial charge in [-0.25, -0.2) is 4.98 Å². The lowest BCUT2D eigenvalue weighted by Crippen LogP contribution is -2.20. The van der Waals surface area contributed by atoms with E-state index in [0.717, 1.165) is 13.0 Å². The lowest BCUT2D eigenvalue weighted by molar-refractivity contribution is 0.101. The van der Waals surface area contributed by atoms with Gasteiger partial charge in [0.1, 0.15) is 12.3 Å². The van der Waals surface area contributed by atoms with Crippen LogP contribution in [-0.4, -0.2) is 52.8 Å². The van der Waals surface area contributed by atoms with Crippen LogP contribution >= 0.6 is 0 Å². The van der Waals surface area contributed by atoms with Gasteiger partial charge in [-0.15, -0.1) is 0 Å². The number of benzene rings is 1. The van der Waals surface area contributed by atoms with Crippen LogP contribution in [0.1, 0.15) is 16.1 Å². The van der Waals surface area contributed by atoms with Crippen LogP contribution in [0.3, 0.4) is 0 Å². The molecule has 0 atom stereocenters. The minimum absolute atomic E-state index is 0.212. The molecule has 0 unspecified atom stereocenters. The van der Waals surface area contributed by atoms with Gasteiger partial charge in [0.2, 0.25) is 5.88 Å². The zero-order valence-electron chi connectivity index (χ0n) is 16.2. The summed E-state index contributed by atoms with van der Waals surface area (Å²) in [6, 6.07) is 15.3. The van der Waals surface area contributed by atoms with Gasteiger partial charge in [0.25, 0.3) is 5.91 Å². The number of ether oxygens (including phenoxy) is 1. The van der Waals surface area contributed by atoms with E-state index in [1.807, 2.05) is 37.2 Å². The number of carbonyl (C=O) groups is 1. The molecular weight excluding hydrogens is 354 g/mol. The first-order valence-electron chi connectivity index (χ1n) is 9.22. The van der Waals surface area contributed by atoms with Crippen molar-refractivity contribution < 1.29 is 9.53 Å². The second-order valence-electron chi connectivity index (χ2n) is 6.66. The lowest BCUT2D eigenvalue weighted by atomic mass is 10.1. The maximum atomic E-state index is 12.7. The molecule has 3 aromatic rings. The standard InChI is InChI=1S/C21H25N5O2/c1-25(2)14-15-28-20-16-18(8-11-22-20)24-21(27)19-9-12-23-26(19)13-10-17-6-4-3-5-7-17/h3-9,11-12,16H,10,13-15H2,1-2H3,(H,22,24,27). The van der Waals surface area contributed by atoms with E-state index in [4.69, 9.17) is 4.74 Å². The van der Waals surface area contributed by atoms with Crippen molar-refractivity contribution in [2.45, 2.75) is 13.0 Å². The van der Waals surface area contributed by atoms with E-state index in [1.165, 1.54) is 5.56 Å². The van der Waals surface area contributed by atoms with Crippen LogP contribution in [0.5, 0.6) is 5.88 Å². The molecule has 1 amide bonds. The van der Waals surface area contributed by atoms with Gasteiger partial charge < -0.3 is 15.0 Å². The van der Waals surface area contributed by atoms with E-state index < -0.39 is 0 Å². The highest BCUT2D eigenvalue weighted by Gasteiger charge is 2.13. The molecule has 0 bridgehead atoms. The maximum Gasteiger partial charge on any atom is 0.273 e. The van der Waals surface area contributed by atoms with Crippen molar-refractivity contribution in [2.24, 2.45) is 0 Å². The molecule has 0 radical (unpaired) electrons. The van der Waals surface area contributed by atoms with E-state index in [0.29, 0.717) is 30.4 Å². The van der Waals surface area contributed by atoms with E-state index in [2.05, 4.69) is 27.5 Å². The molecule has 0 fully saturated rings. The summed E-state index contributed by atoms with van der Waals surface area (Å²) in [5.74, 6) is 0.272. The minimum atomic E-state index is -0.212. The van der Waals surface area contributed by atoms with Crippen LogP contribution in [0, 0.1) is 0 Å². The third-order valence-electron chi connectivity index (χ3n) is 4.19. The topological polar surface area (TPSA) is 72.3 Å². The lowest BCUT2D eigenvalue weighted by Gasteiger charge is -2.12. The number of aromatic nitrogens is 3. The molecule has 0 saturated carbocycles. The van der Waals surface area contributed by atoms with Crippen molar-refractivity contribution in [2.75, 3.05) is 32.6 Å². The van der Waals surface area contributed by atoms with Crippen molar-refractivity contribution in [1.29, 1.82) is 0 Å². The Balaban J connectivity index is 1.60. The average molecular weight is 379 g/mol. The zero-order chi connectivity index (χ0) is 19.8. The molecule has 3 rings (SSSR count). The van der Waals surface area contributed by atoms with Gasteiger partial charge in [-0.2, -0.15) is 5.10 Å². The molecular formula is C21H25N5O2. The minimum Gasteiger partial charge on any atom is -0.476 e. The number of hydrogen-bond acceptors (Lipinski definition) is 5. The summed E-state index contributed by atoms with van der Waals surface area (Å²) in [6.07, 6.45) is 4.07. The van der Waals surface area contributed by atoms with Crippen LogP contribution in [0.15, 0.2) is 60.9 Å². The zero-order valence-corrected chi connectivity index (χ0v) is 16.2. The molecule has 1 aromatic carbocycles. The Labute approximate surface area is 165 Å². The predicted octanol–water partition coefficient (Wildman–Crippen LogP) is 2.71. The Bertz CT molecular complexity index is 893. The second kappa shape index (κ2) is 9.66. The molecule has 0 saturated heterocycles. The van der Waals surface area contributed by atoms with Crippen molar-refractivity contribution in [1.82, 2.24) is 19.7 Å². The van der Waals surface area contributed by atoms with Crippen molar-refractivity contribution in [3.05, 3.63) is 72.2 Å². The Morgan fingerprint density at radius 2 is 1.96 bits per heavy atom. The van der Waals surface area contributed by atoms with Crippen LogP contribution in [-0.2, 0) is 13.0 Å². The third kappa shape index (κ3) is 5.65. The third-order valence-corrected chi connectivity index (χ3v) is 4.19.